The zero-order valence-electron chi connectivity index (χ0n) is 15.5. The van der Waals surface area contributed by atoms with Crippen molar-refractivity contribution in [3.63, 3.8) is 0 Å². The number of hydrogen-bond donors (Lipinski definition) is 1. The summed E-state index contributed by atoms with van der Waals surface area (Å²) >= 11 is 0. The molecule has 1 unspecified atom stereocenters. The van der Waals surface area contributed by atoms with Gasteiger partial charge in [0.25, 0.3) is 0 Å². The van der Waals surface area contributed by atoms with E-state index in [1.807, 2.05) is 20.9 Å². The van der Waals surface area contributed by atoms with E-state index in [2.05, 4.69) is 26.2 Å². The van der Waals surface area contributed by atoms with Crippen molar-refractivity contribution >= 4 is 5.96 Å². The third-order valence-electron chi connectivity index (χ3n) is 5.34. The number of guanidine groups is 1. The summed E-state index contributed by atoms with van der Waals surface area (Å²) < 4.78 is 5.61. The van der Waals surface area contributed by atoms with Gasteiger partial charge in [0.1, 0.15) is 11.5 Å². The summed E-state index contributed by atoms with van der Waals surface area (Å²) in [7, 11) is 1.88. The molecule has 0 saturated carbocycles. The van der Waals surface area contributed by atoms with Crippen LogP contribution in [0.5, 0.6) is 0 Å². The molecule has 5 heteroatoms. The molecule has 0 aliphatic carbocycles. The van der Waals surface area contributed by atoms with Crippen LogP contribution < -0.4 is 5.32 Å². The Morgan fingerprint density at radius 2 is 2.04 bits per heavy atom. The molecule has 3 heterocycles. The molecule has 2 fully saturated rings. The maximum absolute atomic E-state index is 5.61. The van der Waals surface area contributed by atoms with Crippen molar-refractivity contribution in [3.8, 4) is 0 Å². The number of aryl methyl sites for hydroxylation is 2. The Balaban J connectivity index is 1.48. The lowest BCUT2D eigenvalue weighted by Gasteiger charge is -2.29. The second-order valence-corrected chi connectivity index (χ2v) is 7.30. The third kappa shape index (κ3) is 4.32. The molecule has 134 valence electrons. The van der Waals surface area contributed by atoms with Crippen molar-refractivity contribution in [1.82, 2.24) is 15.1 Å². The van der Waals surface area contributed by atoms with Crippen LogP contribution in [0.3, 0.4) is 0 Å². The minimum atomic E-state index is 0.777. The normalized spacial score (nSPS) is 23.0. The fourth-order valence-corrected chi connectivity index (χ4v) is 4.05. The fourth-order valence-electron chi connectivity index (χ4n) is 4.05. The predicted molar refractivity (Wildman–Crippen MR) is 98.4 cm³/mol. The number of rotatable bonds is 4. The van der Waals surface area contributed by atoms with Crippen LogP contribution >= 0.6 is 0 Å². The van der Waals surface area contributed by atoms with Gasteiger partial charge in [-0.2, -0.15) is 0 Å². The van der Waals surface area contributed by atoms with Crippen LogP contribution in [0.4, 0.5) is 0 Å². The molecular weight excluding hydrogens is 300 g/mol. The molecule has 0 spiro atoms. The van der Waals surface area contributed by atoms with E-state index < -0.39 is 0 Å². The molecule has 0 amide bonds. The zero-order chi connectivity index (χ0) is 16.9. The van der Waals surface area contributed by atoms with E-state index in [0.29, 0.717) is 0 Å². The van der Waals surface area contributed by atoms with Crippen molar-refractivity contribution in [2.75, 3.05) is 39.8 Å². The Kier molecular flexibility index (Phi) is 5.82. The SMILES string of the molecule is CN=C(NCc1cc(C)oc1C)N1CCC(CN2CCCCC2)C1. The minimum absolute atomic E-state index is 0.777. The first-order chi connectivity index (χ1) is 11.7. The zero-order valence-corrected chi connectivity index (χ0v) is 15.5. The van der Waals surface area contributed by atoms with E-state index in [1.54, 1.807) is 0 Å². The number of nitrogens with zero attached hydrogens (tertiary/aromatic N) is 3. The molecule has 0 aromatic carbocycles. The van der Waals surface area contributed by atoms with E-state index in [1.165, 1.54) is 50.9 Å². The van der Waals surface area contributed by atoms with Gasteiger partial charge in [-0.15, -0.1) is 0 Å². The van der Waals surface area contributed by atoms with Crippen LogP contribution in [0, 0.1) is 19.8 Å². The van der Waals surface area contributed by atoms with Gasteiger partial charge in [-0.1, -0.05) is 6.42 Å². The Morgan fingerprint density at radius 1 is 1.25 bits per heavy atom. The summed E-state index contributed by atoms with van der Waals surface area (Å²) in [6, 6.07) is 2.11. The maximum Gasteiger partial charge on any atom is 0.193 e. The molecule has 2 saturated heterocycles. The predicted octanol–water partition coefficient (Wildman–Crippen LogP) is 2.78. The van der Waals surface area contributed by atoms with E-state index >= 15 is 0 Å². The summed E-state index contributed by atoms with van der Waals surface area (Å²) in [5, 5.41) is 3.51. The monoisotopic (exact) mass is 332 g/mol. The van der Waals surface area contributed by atoms with Crippen LogP contribution in [0.1, 0.15) is 42.8 Å². The van der Waals surface area contributed by atoms with Gasteiger partial charge in [0, 0.05) is 38.8 Å². The van der Waals surface area contributed by atoms with Crippen molar-refractivity contribution in [2.24, 2.45) is 10.9 Å². The van der Waals surface area contributed by atoms with E-state index in [4.69, 9.17) is 4.42 Å². The lowest BCUT2D eigenvalue weighted by Crippen LogP contribution is -2.41. The van der Waals surface area contributed by atoms with E-state index in [9.17, 15) is 0 Å². The molecule has 1 aromatic rings. The van der Waals surface area contributed by atoms with Crippen LogP contribution in [0.25, 0.3) is 0 Å². The molecule has 0 radical (unpaired) electrons. The Morgan fingerprint density at radius 3 is 2.71 bits per heavy atom. The van der Waals surface area contributed by atoms with E-state index in [-0.39, 0.29) is 0 Å². The Bertz CT molecular complexity index is 560. The lowest BCUT2D eigenvalue weighted by molar-refractivity contribution is 0.198. The van der Waals surface area contributed by atoms with Gasteiger partial charge in [0.2, 0.25) is 0 Å². The first kappa shape index (κ1) is 17.3. The summed E-state index contributed by atoms with van der Waals surface area (Å²) in [6.45, 7) is 10.9. The van der Waals surface area contributed by atoms with Crippen molar-refractivity contribution in [2.45, 2.75) is 46.1 Å². The highest BCUT2D eigenvalue weighted by Crippen LogP contribution is 2.20. The molecule has 0 bridgehead atoms. The molecule has 24 heavy (non-hydrogen) atoms. The number of furan rings is 1. The van der Waals surface area contributed by atoms with Crippen LogP contribution in [0.15, 0.2) is 15.5 Å². The average molecular weight is 332 g/mol. The topological polar surface area (TPSA) is 44.0 Å². The van der Waals surface area contributed by atoms with Gasteiger partial charge in [0.15, 0.2) is 5.96 Å². The minimum Gasteiger partial charge on any atom is -0.466 e. The van der Waals surface area contributed by atoms with Crippen molar-refractivity contribution in [1.29, 1.82) is 0 Å². The van der Waals surface area contributed by atoms with Crippen molar-refractivity contribution < 1.29 is 4.42 Å². The number of hydrogen-bond acceptors (Lipinski definition) is 3. The highest BCUT2D eigenvalue weighted by atomic mass is 16.3. The van der Waals surface area contributed by atoms with E-state index in [0.717, 1.165) is 43.0 Å². The highest BCUT2D eigenvalue weighted by molar-refractivity contribution is 5.80. The molecule has 1 N–H and O–H groups in total. The third-order valence-corrected chi connectivity index (χ3v) is 5.34. The lowest BCUT2D eigenvalue weighted by atomic mass is 10.1. The number of likely N-dealkylation sites (tertiary alicyclic amines) is 2. The number of nitrogens with one attached hydrogen (secondary N) is 1. The summed E-state index contributed by atoms with van der Waals surface area (Å²) in [5.74, 6) is 3.77. The second-order valence-electron chi connectivity index (χ2n) is 7.30. The van der Waals surface area contributed by atoms with Crippen LogP contribution in [-0.2, 0) is 6.54 Å². The average Bonchev–Trinajstić information content (AvgIpc) is 3.16. The quantitative estimate of drug-likeness (QED) is 0.680. The summed E-state index contributed by atoms with van der Waals surface area (Å²) in [5.41, 5.74) is 1.22. The summed E-state index contributed by atoms with van der Waals surface area (Å²) in [4.78, 5) is 9.56. The number of piperidine rings is 1. The highest BCUT2D eigenvalue weighted by Gasteiger charge is 2.27. The molecule has 2 aliphatic rings. The standard InChI is InChI=1S/C19H32N4O/c1-15-11-18(16(2)24-15)12-21-19(20-3)23-10-7-17(14-23)13-22-8-5-4-6-9-22/h11,17H,4-10,12-14H2,1-3H3,(H,20,21). The smallest absolute Gasteiger partial charge is 0.193 e. The van der Waals surface area contributed by atoms with Gasteiger partial charge in [0.05, 0.1) is 0 Å². The summed E-state index contributed by atoms with van der Waals surface area (Å²) in [6.07, 6.45) is 5.45. The maximum atomic E-state index is 5.61. The molecule has 3 rings (SSSR count). The first-order valence-corrected chi connectivity index (χ1v) is 9.39. The molecular formula is C19H32N4O. The molecule has 1 aromatic heterocycles. The fraction of sp³-hybridized carbons (Fsp3) is 0.737. The van der Waals surface area contributed by atoms with Gasteiger partial charge >= 0.3 is 0 Å². The van der Waals surface area contributed by atoms with Crippen LogP contribution in [0.2, 0.25) is 0 Å². The number of aliphatic imine (C=N–C) groups is 1. The molecule has 2 aliphatic heterocycles. The van der Waals surface area contributed by atoms with Crippen LogP contribution in [-0.4, -0.2) is 55.5 Å². The van der Waals surface area contributed by atoms with Gasteiger partial charge in [-0.25, -0.2) is 0 Å². The van der Waals surface area contributed by atoms with Gasteiger partial charge in [-0.05, 0) is 58.2 Å². The molecule has 1 atom stereocenters. The second kappa shape index (κ2) is 8.06. The van der Waals surface area contributed by atoms with Crippen molar-refractivity contribution in [3.05, 3.63) is 23.2 Å². The molecule has 5 nitrogen and oxygen atoms in total. The Labute approximate surface area is 146 Å². The Hall–Kier alpha value is -1.49. The van der Waals surface area contributed by atoms with Gasteiger partial charge in [-0.3, -0.25) is 4.99 Å². The first-order valence-electron chi connectivity index (χ1n) is 9.39. The largest absolute Gasteiger partial charge is 0.466 e. The van der Waals surface area contributed by atoms with Gasteiger partial charge < -0.3 is 19.5 Å².